The van der Waals surface area contributed by atoms with Crippen LogP contribution in [0.3, 0.4) is 0 Å². The molecule has 130 valence electrons. The maximum absolute atomic E-state index is 5.16. The van der Waals surface area contributed by atoms with Gasteiger partial charge in [0, 0.05) is 25.7 Å². The molecule has 1 atom stereocenters. The fraction of sp³-hybridized carbons (Fsp3) is 0.294. The number of nitrogens with zero attached hydrogens (tertiary/aromatic N) is 6. The fourth-order valence-electron chi connectivity index (χ4n) is 2.39. The minimum absolute atomic E-state index is 0.303. The van der Waals surface area contributed by atoms with E-state index < -0.39 is 0 Å². The van der Waals surface area contributed by atoms with Crippen molar-refractivity contribution in [2.45, 2.75) is 13.0 Å². The maximum Gasteiger partial charge on any atom is 0.146 e. The summed E-state index contributed by atoms with van der Waals surface area (Å²) < 4.78 is 10.3. The SMILES string of the molecule is C[C@@H]1CN(/C=N/N=C/c2ccco2)CCN1/C=N\N=C/c1ccco1. The van der Waals surface area contributed by atoms with E-state index in [1.807, 2.05) is 24.3 Å². The third-order valence-electron chi connectivity index (χ3n) is 3.71. The van der Waals surface area contributed by atoms with Crippen LogP contribution in [0.4, 0.5) is 0 Å². The van der Waals surface area contributed by atoms with Crippen LogP contribution in [0.5, 0.6) is 0 Å². The molecule has 0 N–H and O–H groups in total. The molecule has 1 aliphatic rings. The first-order chi connectivity index (χ1) is 12.3. The largest absolute Gasteiger partial charge is 0.463 e. The first kappa shape index (κ1) is 16.7. The molecule has 1 fully saturated rings. The van der Waals surface area contributed by atoms with Gasteiger partial charge in [-0.05, 0) is 31.2 Å². The van der Waals surface area contributed by atoms with Crippen molar-refractivity contribution in [3.63, 3.8) is 0 Å². The Hall–Kier alpha value is -3.16. The molecule has 0 amide bonds. The zero-order valence-electron chi connectivity index (χ0n) is 14.0. The number of hydrogen-bond acceptors (Lipinski definition) is 6. The zero-order chi connectivity index (χ0) is 17.3. The quantitative estimate of drug-likeness (QED) is 0.459. The molecule has 3 rings (SSSR count). The summed E-state index contributed by atoms with van der Waals surface area (Å²) in [6.45, 7) is 4.66. The average Bonchev–Trinajstić information content (AvgIpc) is 3.31. The summed E-state index contributed by atoms with van der Waals surface area (Å²) >= 11 is 0. The molecule has 1 saturated heterocycles. The normalized spacial score (nSPS) is 19.3. The second-order valence-corrected chi connectivity index (χ2v) is 5.56. The third kappa shape index (κ3) is 5.17. The van der Waals surface area contributed by atoms with E-state index in [2.05, 4.69) is 37.1 Å². The number of furan rings is 2. The Balaban J connectivity index is 1.44. The summed E-state index contributed by atoms with van der Waals surface area (Å²) in [6, 6.07) is 7.58. The molecule has 8 heteroatoms. The lowest BCUT2D eigenvalue weighted by molar-refractivity contribution is 0.204. The van der Waals surface area contributed by atoms with Gasteiger partial charge in [-0.3, -0.25) is 0 Å². The van der Waals surface area contributed by atoms with E-state index >= 15 is 0 Å². The number of hydrogen-bond donors (Lipinski definition) is 0. The highest BCUT2D eigenvalue weighted by Gasteiger charge is 2.19. The summed E-state index contributed by atoms with van der Waals surface area (Å²) in [6.07, 6.45) is 9.88. The lowest BCUT2D eigenvalue weighted by Crippen LogP contribution is -2.50. The maximum atomic E-state index is 5.16. The highest BCUT2D eigenvalue weighted by molar-refractivity contribution is 5.76. The highest BCUT2D eigenvalue weighted by atomic mass is 16.3. The van der Waals surface area contributed by atoms with Gasteiger partial charge in [0.1, 0.15) is 24.2 Å². The van der Waals surface area contributed by atoms with Gasteiger partial charge in [0.15, 0.2) is 0 Å². The summed E-state index contributed by atoms with van der Waals surface area (Å²) in [5.41, 5.74) is 0. The Morgan fingerprint density at radius 1 is 0.920 bits per heavy atom. The van der Waals surface area contributed by atoms with Crippen LogP contribution in [0.1, 0.15) is 18.4 Å². The van der Waals surface area contributed by atoms with E-state index in [-0.39, 0.29) is 0 Å². The van der Waals surface area contributed by atoms with Crippen molar-refractivity contribution in [3.8, 4) is 0 Å². The van der Waals surface area contributed by atoms with Crippen LogP contribution in [0.2, 0.25) is 0 Å². The Morgan fingerprint density at radius 3 is 2.12 bits per heavy atom. The molecule has 1 aliphatic heterocycles. The second-order valence-electron chi connectivity index (χ2n) is 5.56. The van der Waals surface area contributed by atoms with E-state index in [9.17, 15) is 0 Å². The van der Waals surface area contributed by atoms with Crippen molar-refractivity contribution in [1.29, 1.82) is 0 Å². The standard InChI is InChI=1S/C17H20N6O2/c1-15-12-22(13-20-18-10-16-4-2-8-24-16)6-7-23(15)14-21-19-11-17-5-3-9-25-17/h2-5,8-11,13-15H,6-7,12H2,1H3/b18-10+,19-11-,20-13+,21-14-/t15-/m1/s1. The summed E-state index contributed by atoms with van der Waals surface area (Å²) in [5.74, 6) is 1.36. The van der Waals surface area contributed by atoms with E-state index in [1.54, 1.807) is 37.6 Å². The Bertz CT molecular complexity index is 733. The van der Waals surface area contributed by atoms with Gasteiger partial charge in [-0.1, -0.05) is 0 Å². The van der Waals surface area contributed by atoms with Crippen molar-refractivity contribution in [3.05, 3.63) is 48.3 Å². The van der Waals surface area contributed by atoms with Crippen LogP contribution >= 0.6 is 0 Å². The molecule has 0 radical (unpaired) electrons. The zero-order valence-corrected chi connectivity index (χ0v) is 14.0. The molecular formula is C17H20N6O2. The second kappa shape index (κ2) is 8.62. The smallest absolute Gasteiger partial charge is 0.146 e. The molecule has 25 heavy (non-hydrogen) atoms. The predicted molar refractivity (Wildman–Crippen MR) is 97.3 cm³/mol. The predicted octanol–water partition coefficient (Wildman–Crippen LogP) is 2.30. The minimum Gasteiger partial charge on any atom is -0.463 e. The van der Waals surface area contributed by atoms with Crippen LogP contribution in [-0.2, 0) is 0 Å². The third-order valence-corrected chi connectivity index (χ3v) is 3.71. The molecule has 8 nitrogen and oxygen atoms in total. The first-order valence-corrected chi connectivity index (χ1v) is 8.01. The van der Waals surface area contributed by atoms with Crippen LogP contribution in [0.25, 0.3) is 0 Å². The highest BCUT2D eigenvalue weighted by Crippen LogP contribution is 2.06. The lowest BCUT2D eigenvalue weighted by Gasteiger charge is -2.37. The van der Waals surface area contributed by atoms with E-state index in [0.29, 0.717) is 17.6 Å². The molecule has 0 unspecified atom stereocenters. The Labute approximate surface area is 145 Å². The van der Waals surface area contributed by atoms with Gasteiger partial charge in [0.2, 0.25) is 0 Å². The van der Waals surface area contributed by atoms with Gasteiger partial charge in [-0.25, -0.2) is 0 Å². The van der Waals surface area contributed by atoms with Gasteiger partial charge in [-0.15, -0.1) is 10.2 Å². The summed E-state index contributed by atoms with van der Waals surface area (Å²) in [4.78, 5) is 4.27. The van der Waals surface area contributed by atoms with Crippen LogP contribution in [-0.4, -0.2) is 60.6 Å². The Kier molecular flexibility index (Phi) is 5.76. The van der Waals surface area contributed by atoms with E-state index in [4.69, 9.17) is 8.83 Å². The number of rotatable bonds is 6. The van der Waals surface area contributed by atoms with Crippen molar-refractivity contribution in [2.24, 2.45) is 20.4 Å². The first-order valence-electron chi connectivity index (χ1n) is 8.01. The van der Waals surface area contributed by atoms with Crippen LogP contribution in [0.15, 0.2) is 66.0 Å². The molecule has 0 saturated carbocycles. The fourth-order valence-corrected chi connectivity index (χ4v) is 2.39. The molecule has 0 spiro atoms. The molecule has 2 aromatic heterocycles. The lowest BCUT2D eigenvalue weighted by atomic mass is 10.2. The van der Waals surface area contributed by atoms with Crippen LogP contribution in [0, 0.1) is 0 Å². The van der Waals surface area contributed by atoms with E-state index in [0.717, 1.165) is 19.6 Å². The van der Waals surface area contributed by atoms with Crippen molar-refractivity contribution in [2.75, 3.05) is 19.6 Å². The minimum atomic E-state index is 0.303. The molecule has 0 bridgehead atoms. The molecule has 3 heterocycles. The summed E-state index contributed by atoms with van der Waals surface area (Å²) in [5, 5.41) is 16.1. The molecule has 0 aromatic carbocycles. The van der Waals surface area contributed by atoms with Gasteiger partial charge in [0.25, 0.3) is 0 Å². The monoisotopic (exact) mass is 340 g/mol. The number of piperazine rings is 1. The average molecular weight is 340 g/mol. The van der Waals surface area contributed by atoms with Crippen molar-refractivity contribution < 1.29 is 8.83 Å². The summed E-state index contributed by atoms with van der Waals surface area (Å²) in [7, 11) is 0. The van der Waals surface area contributed by atoms with Crippen molar-refractivity contribution >= 4 is 25.1 Å². The molecule has 2 aromatic rings. The Morgan fingerprint density at radius 2 is 1.56 bits per heavy atom. The molecular weight excluding hydrogens is 320 g/mol. The molecule has 0 aliphatic carbocycles. The van der Waals surface area contributed by atoms with Crippen LogP contribution < -0.4 is 0 Å². The van der Waals surface area contributed by atoms with Gasteiger partial charge in [0.05, 0.1) is 25.0 Å². The van der Waals surface area contributed by atoms with Gasteiger partial charge < -0.3 is 18.6 Å². The van der Waals surface area contributed by atoms with E-state index in [1.165, 1.54) is 0 Å². The topological polar surface area (TPSA) is 82.2 Å². The van der Waals surface area contributed by atoms with Crippen molar-refractivity contribution in [1.82, 2.24) is 9.80 Å². The van der Waals surface area contributed by atoms with Gasteiger partial charge in [-0.2, -0.15) is 10.2 Å². The van der Waals surface area contributed by atoms with Gasteiger partial charge >= 0.3 is 0 Å².